The Hall–Kier alpha value is -1.71. The van der Waals surface area contributed by atoms with Gasteiger partial charge in [0.15, 0.2) is 0 Å². The third-order valence-electron chi connectivity index (χ3n) is 3.02. The number of urea groups is 1. The fraction of sp³-hybridized carbons (Fsp3) is 0.500. The third-order valence-corrected chi connectivity index (χ3v) is 3.02. The smallest absolute Gasteiger partial charge is 0.316 e. The summed E-state index contributed by atoms with van der Waals surface area (Å²) in [4.78, 5) is 13.0. The second kappa shape index (κ2) is 6.89. The number of nitrogens with zero attached hydrogens (tertiary/aromatic N) is 1. The summed E-state index contributed by atoms with van der Waals surface area (Å²) in [5, 5.41) is 2.61. The van der Waals surface area contributed by atoms with Crippen molar-refractivity contribution in [3.05, 3.63) is 29.3 Å². The Balaban J connectivity index is 2.65. The number of hydrogen-bond donors (Lipinski definition) is 1. The first-order valence-corrected chi connectivity index (χ1v) is 6.21. The average Bonchev–Trinajstić information content (AvgIpc) is 2.43. The van der Waals surface area contributed by atoms with Crippen LogP contribution in [0.3, 0.4) is 0 Å². The minimum Gasteiger partial charge on any atom is -0.496 e. The van der Waals surface area contributed by atoms with Crippen LogP contribution in [-0.2, 0) is 12.8 Å². The van der Waals surface area contributed by atoms with Crippen molar-refractivity contribution < 1.29 is 9.53 Å². The molecule has 0 aliphatic rings. The molecule has 0 aromatic heterocycles. The van der Waals surface area contributed by atoms with Crippen LogP contribution in [0.5, 0.6) is 5.75 Å². The highest BCUT2D eigenvalue weighted by molar-refractivity contribution is 5.73. The van der Waals surface area contributed by atoms with E-state index in [4.69, 9.17) is 4.74 Å². The molecule has 0 aliphatic carbocycles. The SMILES string of the molecule is CCc1cc(CCN(C)C(=O)NC)ccc1OC. The largest absolute Gasteiger partial charge is 0.496 e. The predicted molar refractivity (Wildman–Crippen MR) is 73.2 cm³/mol. The predicted octanol–water partition coefficient (Wildman–Crippen LogP) is 2.07. The van der Waals surface area contributed by atoms with E-state index in [-0.39, 0.29) is 6.03 Å². The molecule has 100 valence electrons. The van der Waals surface area contributed by atoms with Gasteiger partial charge in [-0.25, -0.2) is 4.79 Å². The summed E-state index contributed by atoms with van der Waals surface area (Å²) in [6.45, 7) is 2.81. The topological polar surface area (TPSA) is 41.6 Å². The van der Waals surface area contributed by atoms with E-state index in [2.05, 4.69) is 24.4 Å². The highest BCUT2D eigenvalue weighted by atomic mass is 16.5. The Morgan fingerprint density at radius 1 is 1.44 bits per heavy atom. The molecule has 0 bridgehead atoms. The molecule has 1 aromatic carbocycles. The molecule has 1 N–H and O–H groups in total. The third kappa shape index (κ3) is 3.65. The van der Waals surface area contributed by atoms with Gasteiger partial charge >= 0.3 is 6.03 Å². The van der Waals surface area contributed by atoms with Crippen LogP contribution >= 0.6 is 0 Å². The van der Waals surface area contributed by atoms with Crippen molar-refractivity contribution in [1.82, 2.24) is 10.2 Å². The lowest BCUT2D eigenvalue weighted by atomic mass is 10.1. The fourth-order valence-corrected chi connectivity index (χ4v) is 1.85. The maximum Gasteiger partial charge on any atom is 0.316 e. The molecule has 0 fully saturated rings. The second-order valence-corrected chi connectivity index (χ2v) is 4.23. The van der Waals surface area contributed by atoms with Gasteiger partial charge in [-0.2, -0.15) is 0 Å². The number of benzene rings is 1. The zero-order valence-corrected chi connectivity index (χ0v) is 11.6. The first kappa shape index (κ1) is 14.4. The zero-order valence-electron chi connectivity index (χ0n) is 11.6. The molecule has 2 amide bonds. The summed E-state index contributed by atoms with van der Waals surface area (Å²) in [5.74, 6) is 0.931. The molecule has 0 unspecified atom stereocenters. The van der Waals surface area contributed by atoms with Crippen molar-refractivity contribution in [2.45, 2.75) is 19.8 Å². The van der Waals surface area contributed by atoms with Crippen LogP contribution in [0.2, 0.25) is 0 Å². The lowest BCUT2D eigenvalue weighted by Gasteiger charge is -2.17. The molecule has 0 radical (unpaired) electrons. The normalized spacial score (nSPS) is 10.0. The van der Waals surface area contributed by atoms with Crippen molar-refractivity contribution in [3.63, 3.8) is 0 Å². The van der Waals surface area contributed by atoms with E-state index in [9.17, 15) is 4.79 Å². The summed E-state index contributed by atoms with van der Waals surface area (Å²) in [6, 6.07) is 6.14. The van der Waals surface area contributed by atoms with E-state index in [1.165, 1.54) is 11.1 Å². The Morgan fingerprint density at radius 2 is 2.17 bits per heavy atom. The molecule has 4 nitrogen and oxygen atoms in total. The number of rotatable bonds is 5. The molecule has 0 saturated carbocycles. The number of amides is 2. The van der Waals surface area contributed by atoms with E-state index in [1.54, 1.807) is 26.1 Å². The standard InChI is InChI=1S/C14H22N2O2/c1-5-12-10-11(6-7-13(12)18-4)8-9-16(3)14(17)15-2/h6-7,10H,5,8-9H2,1-4H3,(H,15,17). The first-order chi connectivity index (χ1) is 8.62. The molecule has 1 aromatic rings. The Labute approximate surface area is 109 Å². The van der Waals surface area contributed by atoms with E-state index in [1.807, 2.05) is 6.07 Å². The molecule has 1 rings (SSSR count). The summed E-state index contributed by atoms with van der Waals surface area (Å²) < 4.78 is 5.30. The Kier molecular flexibility index (Phi) is 5.49. The highest BCUT2D eigenvalue weighted by Gasteiger charge is 2.07. The van der Waals surface area contributed by atoms with Crippen LogP contribution in [0, 0.1) is 0 Å². The first-order valence-electron chi connectivity index (χ1n) is 6.21. The molecule has 0 spiro atoms. The van der Waals surface area contributed by atoms with E-state index >= 15 is 0 Å². The molecule has 4 heteroatoms. The van der Waals surface area contributed by atoms with Crippen LogP contribution in [0.25, 0.3) is 0 Å². The summed E-state index contributed by atoms with van der Waals surface area (Å²) in [5.41, 5.74) is 2.43. The van der Waals surface area contributed by atoms with Gasteiger partial charge in [0.2, 0.25) is 0 Å². The zero-order chi connectivity index (χ0) is 13.5. The summed E-state index contributed by atoms with van der Waals surface area (Å²) in [6.07, 6.45) is 1.79. The maximum atomic E-state index is 11.4. The number of likely N-dealkylation sites (N-methyl/N-ethyl adjacent to an activating group) is 1. The number of carbonyl (C=O) groups excluding carboxylic acids is 1. The minimum absolute atomic E-state index is 0.0563. The van der Waals surface area contributed by atoms with Crippen molar-refractivity contribution in [1.29, 1.82) is 0 Å². The molecule has 0 saturated heterocycles. The minimum atomic E-state index is -0.0563. The monoisotopic (exact) mass is 250 g/mol. The fourth-order valence-electron chi connectivity index (χ4n) is 1.85. The van der Waals surface area contributed by atoms with Gasteiger partial charge in [-0.05, 0) is 30.0 Å². The van der Waals surface area contributed by atoms with E-state index in [0.29, 0.717) is 6.54 Å². The highest BCUT2D eigenvalue weighted by Crippen LogP contribution is 2.20. The van der Waals surface area contributed by atoms with E-state index < -0.39 is 0 Å². The number of hydrogen-bond acceptors (Lipinski definition) is 2. The number of methoxy groups -OCH3 is 1. The van der Waals surface area contributed by atoms with Crippen molar-refractivity contribution in [2.24, 2.45) is 0 Å². The van der Waals surface area contributed by atoms with Crippen molar-refractivity contribution in [2.75, 3.05) is 27.7 Å². The summed E-state index contributed by atoms with van der Waals surface area (Å²) >= 11 is 0. The maximum absolute atomic E-state index is 11.4. The molecular weight excluding hydrogens is 228 g/mol. The van der Waals surface area contributed by atoms with E-state index in [0.717, 1.165) is 18.6 Å². The molecule has 0 aliphatic heterocycles. The van der Waals surface area contributed by atoms with Crippen LogP contribution in [0.15, 0.2) is 18.2 Å². The Morgan fingerprint density at radius 3 is 2.72 bits per heavy atom. The van der Waals surface area contributed by atoms with Gasteiger partial charge in [0, 0.05) is 20.6 Å². The second-order valence-electron chi connectivity index (χ2n) is 4.23. The number of aryl methyl sites for hydroxylation is 1. The van der Waals surface area contributed by atoms with Crippen LogP contribution in [0.1, 0.15) is 18.1 Å². The van der Waals surface area contributed by atoms with Gasteiger partial charge in [-0.1, -0.05) is 19.1 Å². The molecule has 0 heterocycles. The number of nitrogens with one attached hydrogen (secondary N) is 1. The number of carbonyl (C=O) groups is 1. The van der Waals surface area contributed by atoms with Gasteiger partial charge in [0.05, 0.1) is 7.11 Å². The van der Waals surface area contributed by atoms with Crippen LogP contribution in [-0.4, -0.2) is 38.7 Å². The quantitative estimate of drug-likeness (QED) is 0.869. The summed E-state index contributed by atoms with van der Waals surface area (Å²) in [7, 11) is 5.12. The molecular formula is C14H22N2O2. The van der Waals surface area contributed by atoms with Gasteiger partial charge < -0.3 is 15.0 Å². The van der Waals surface area contributed by atoms with Gasteiger partial charge in [-0.3, -0.25) is 0 Å². The molecule has 18 heavy (non-hydrogen) atoms. The number of ether oxygens (including phenoxy) is 1. The average molecular weight is 250 g/mol. The van der Waals surface area contributed by atoms with Gasteiger partial charge in [0.1, 0.15) is 5.75 Å². The van der Waals surface area contributed by atoms with Crippen LogP contribution in [0.4, 0.5) is 4.79 Å². The van der Waals surface area contributed by atoms with Crippen molar-refractivity contribution in [3.8, 4) is 5.75 Å². The lowest BCUT2D eigenvalue weighted by molar-refractivity contribution is 0.211. The Bertz CT molecular complexity index is 405. The lowest BCUT2D eigenvalue weighted by Crippen LogP contribution is -2.36. The van der Waals surface area contributed by atoms with Gasteiger partial charge in [0.25, 0.3) is 0 Å². The van der Waals surface area contributed by atoms with Gasteiger partial charge in [-0.15, -0.1) is 0 Å². The van der Waals surface area contributed by atoms with Crippen molar-refractivity contribution >= 4 is 6.03 Å². The van der Waals surface area contributed by atoms with Crippen LogP contribution < -0.4 is 10.1 Å². The molecule has 0 atom stereocenters.